The predicted molar refractivity (Wildman–Crippen MR) is 93.5 cm³/mol. The number of aryl methyl sites for hydroxylation is 1. The van der Waals surface area contributed by atoms with E-state index >= 15 is 0 Å². The molecule has 0 bridgehead atoms. The van der Waals surface area contributed by atoms with E-state index in [1.54, 1.807) is 25.4 Å². The van der Waals surface area contributed by atoms with Crippen LogP contribution in [-0.2, 0) is 12.0 Å². The molecule has 0 spiro atoms. The number of nitrogens with one attached hydrogen (secondary N) is 2. The summed E-state index contributed by atoms with van der Waals surface area (Å²) in [7, 11) is 1.76. The number of hydrogen-bond acceptors (Lipinski definition) is 2. The lowest BCUT2D eigenvalue weighted by molar-refractivity contribution is 0.558. The van der Waals surface area contributed by atoms with Crippen LogP contribution >= 0.6 is 0 Å². The maximum atomic E-state index is 14.0. The fourth-order valence-corrected chi connectivity index (χ4v) is 2.94. The summed E-state index contributed by atoms with van der Waals surface area (Å²) >= 11 is 0. The second-order valence-electron chi connectivity index (χ2n) is 6.27. The second kappa shape index (κ2) is 7.47. The lowest BCUT2D eigenvalue weighted by Crippen LogP contribution is -2.41. The zero-order chi connectivity index (χ0) is 16.8. The molecule has 0 saturated heterocycles. The third-order valence-electron chi connectivity index (χ3n) is 4.56. The summed E-state index contributed by atoms with van der Waals surface area (Å²) in [6.07, 6.45) is 8.56. The van der Waals surface area contributed by atoms with Crippen molar-refractivity contribution < 1.29 is 4.39 Å². The van der Waals surface area contributed by atoms with Crippen LogP contribution in [0.4, 0.5) is 4.39 Å². The lowest BCUT2D eigenvalue weighted by Gasteiger charge is -2.19. The Morgan fingerprint density at radius 3 is 2.83 bits per heavy atom. The van der Waals surface area contributed by atoms with E-state index in [2.05, 4.69) is 25.2 Å². The summed E-state index contributed by atoms with van der Waals surface area (Å²) in [5.74, 6) is 0.656. The monoisotopic (exact) mass is 329 g/mol. The molecule has 0 amide bonds. The van der Waals surface area contributed by atoms with Gasteiger partial charge in [-0.3, -0.25) is 4.99 Å². The molecule has 1 aromatic heterocycles. The van der Waals surface area contributed by atoms with Gasteiger partial charge in [0.15, 0.2) is 5.96 Å². The first-order valence-corrected chi connectivity index (χ1v) is 8.39. The van der Waals surface area contributed by atoms with E-state index < -0.39 is 0 Å². The Labute approximate surface area is 142 Å². The van der Waals surface area contributed by atoms with Gasteiger partial charge in [0, 0.05) is 44.5 Å². The van der Waals surface area contributed by atoms with Gasteiger partial charge in [-0.05, 0) is 30.9 Å². The summed E-state index contributed by atoms with van der Waals surface area (Å²) in [6, 6.07) is 7.08. The van der Waals surface area contributed by atoms with Crippen molar-refractivity contribution in [1.82, 2.24) is 20.2 Å². The van der Waals surface area contributed by atoms with E-state index in [4.69, 9.17) is 0 Å². The van der Waals surface area contributed by atoms with E-state index in [0.29, 0.717) is 6.54 Å². The molecule has 0 unspecified atom stereocenters. The van der Waals surface area contributed by atoms with Gasteiger partial charge in [0.2, 0.25) is 0 Å². The van der Waals surface area contributed by atoms with Crippen molar-refractivity contribution in [2.45, 2.75) is 31.2 Å². The van der Waals surface area contributed by atoms with Crippen LogP contribution in [0.15, 0.2) is 48.0 Å². The first-order valence-electron chi connectivity index (χ1n) is 8.39. The third-order valence-corrected chi connectivity index (χ3v) is 4.56. The highest BCUT2D eigenvalue weighted by Gasteiger charge is 2.45. The lowest BCUT2D eigenvalue weighted by atomic mass is 9.95. The number of benzene rings is 1. The number of rotatable bonds is 7. The van der Waals surface area contributed by atoms with Crippen molar-refractivity contribution in [1.29, 1.82) is 0 Å². The van der Waals surface area contributed by atoms with Crippen LogP contribution < -0.4 is 10.6 Å². The van der Waals surface area contributed by atoms with Gasteiger partial charge in [0.05, 0.1) is 6.33 Å². The molecule has 128 valence electrons. The maximum absolute atomic E-state index is 14.0. The molecule has 3 rings (SSSR count). The van der Waals surface area contributed by atoms with Gasteiger partial charge in [-0.15, -0.1) is 0 Å². The Balaban J connectivity index is 1.45. The molecular formula is C18H24FN5. The molecule has 0 radical (unpaired) electrons. The van der Waals surface area contributed by atoms with E-state index in [-0.39, 0.29) is 11.2 Å². The van der Waals surface area contributed by atoms with E-state index in [0.717, 1.165) is 43.9 Å². The zero-order valence-electron chi connectivity index (χ0n) is 14.0. The highest BCUT2D eigenvalue weighted by molar-refractivity contribution is 5.79. The minimum Gasteiger partial charge on any atom is -0.356 e. The number of guanidine groups is 1. The predicted octanol–water partition coefficient (Wildman–Crippen LogP) is 2.31. The van der Waals surface area contributed by atoms with Crippen LogP contribution in [0.5, 0.6) is 0 Å². The fraction of sp³-hybridized carbons (Fsp3) is 0.444. The summed E-state index contributed by atoms with van der Waals surface area (Å²) in [4.78, 5) is 8.28. The average molecular weight is 329 g/mol. The van der Waals surface area contributed by atoms with Crippen molar-refractivity contribution in [3.8, 4) is 0 Å². The van der Waals surface area contributed by atoms with E-state index in [1.165, 1.54) is 0 Å². The Kier molecular flexibility index (Phi) is 5.13. The van der Waals surface area contributed by atoms with Crippen LogP contribution in [-0.4, -0.2) is 35.6 Å². The standard InChI is InChI=1S/C18H24FN5/c1-20-17(22-9-4-11-24-12-10-21-14-24)23-13-18(7-8-18)15-5-2-3-6-16(15)19/h2-3,5-6,10,12,14H,4,7-9,11,13H2,1H3,(H2,20,22,23). The molecule has 2 aromatic rings. The molecule has 1 aromatic carbocycles. The Bertz CT molecular complexity index is 676. The highest BCUT2D eigenvalue weighted by Crippen LogP contribution is 2.48. The van der Waals surface area contributed by atoms with Crippen molar-refractivity contribution in [3.63, 3.8) is 0 Å². The van der Waals surface area contributed by atoms with Crippen LogP contribution in [0.2, 0.25) is 0 Å². The fourth-order valence-electron chi connectivity index (χ4n) is 2.94. The first-order chi connectivity index (χ1) is 11.7. The normalized spacial score (nSPS) is 16.0. The summed E-state index contributed by atoms with van der Waals surface area (Å²) in [5, 5.41) is 6.65. The topological polar surface area (TPSA) is 54.2 Å². The first kappa shape index (κ1) is 16.5. The highest BCUT2D eigenvalue weighted by atomic mass is 19.1. The molecule has 6 heteroatoms. The molecule has 24 heavy (non-hydrogen) atoms. The van der Waals surface area contributed by atoms with Crippen molar-refractivity contribution >= 4 is 5.96 Å². The molecule has 1 fully saturated rings. The number of hydrogen-bond donors (Lipinski definition) is 2. The van der Waals surface area contributed by atoms with Crippen LogP contribution in [0, 0.1) is 5.82 Å². The number of aliphatic imine (C=N–C) groups is 1. The molecule has 1 aliphatic carbocycles. The minimum atomic E-state index is -0.111. The van der Waals surface area contributed by atoms with Gasteiger partial charge in [0.1, 0.15) is 5.82 Å². The number of aromatic nitrogens is 2. The molecule has 1 saturated carbocycles. The zero-order valence-corrected chi connectivity index (χ0v) is 14.0. The summed E-state index contributed by atoms with van der Waals surface area (Å²) in [5.41, 5.74) is 0.729. The third kappa shape index (κ3) is 3.93. The molecule has 5 nitrogen and oxygen atoms in total. The van der Waals surface area contributed by atoms with Gasteiger partial charge in [-0.2, -0.15) is 0 Å². The molecule has 1 heterocycles. The van der Waals surface area contributed by atoms with Gasteiger partial charge in [-0.1, -0.05) is 18.2 Å². The number of halogens is 1. The second-order valence-corrected chi connectivity index (χ2v) is 6.27. The Hall–Kier alpha value is -2.37. The van der Waals surface area contributed by atoms with Gasteiger partial charge in [0.25, 0.3) is 0 Å². The van der Waals surface area contributed by atoms with Gasteiger partial charge in [-0.25, -0.2) is 9.37 Å². The van der Waals surface area contributed by atoms with Gasteiger partial charge < -0.3 is 15.2 Å². The summed E-state index contributed by atoms with van der Waals surface area (Å²) in [6.45, 7) is 2.45. The smallest absolute Gasteiger partial charge is 0.191 e. The number of nitrogens with zero attached hydrogens (tertiary/aromatic N) is 3. The number of imidazole rings is 1. The maximum Gasteiger partial charge on any atom is 0.191 e. The molecule has 0 aliphatic heterocycles. The van der Waals surface area contributed by atoms with Crippen molar-refractivity contribution in [2.24, 2.45) is 4.99 Å². The average Bonchev–Trinajstić information content (AvgIpc) is 3.20. The van der Waals surface area contributed by atoms with Crippen molar-refractivity contribution in [3.05, 3.63) is 54.4 Å². The molecule has 0 atom stereocenters. The quantitative estimate of drug-likeness (QED) is 0.466. The van der Waals surface area contributed by atoms with Crippen LogP contribution in [0.25, 0.3) is 0 Å². The SMILES string of the molecule is CN=C(NCCCn1ccnc1)NCC1(c2ccccc2F)CC1. The van der Waals surface area contributed by atoms with Crippen LogP contribution in [0.1, 0.15) is 24.8 Å². The van der Waals surface area contributed by atoms with Crippen molar-refractivity contribution in [2.75, 3.05) is 20.1 Å². The largest absolute Gasteiger partial charge is 0.356 e. The van der Waals surface area contributed by atoms with Gasteiger partial charge >= 0.3 is 0 Å². The molecule has 2 N–H and O–H groups in total. The van der Waals surface area contributed by atoms with E-state index in [9.17, 15) is 4.39 Å². The summed E-state index contributed by atoms with van der Waals surface area (Å²) < 4.78 is 16.1. The Morgan fingerprint density at radius 2 is 2.17 bits per heavy atom. The Morgan fingerprint density at radius 1 is 1.33 bits per heavy atom. The van der Waals surface area contributed by atoms with Crippen LogP contribution in [0.3, 0.4) is 0 Å². The minimum absolute atomic E-state index is 0.0836. The molecule has 1 aliphatic rings. The van der Waals surface area contributed by atoms with E-state index in [1.807, 2.05) is 24.7 Å². The molecular weight excluding hydrogens is 305 g/mol.